The normalized spacial score (nSPS) is 12.9. The monoisotopic (exact) mass is 241 g/mol. The third kappa shape index (κ3) is 4.46. The third-order valence-electron chi connectivity index (χ3n) is 2.87. The Hall–Kier alpha value is -0.910. The van der Waals surface area contributed by atoms with E-state index in [2.05, 4.69) is 10.5 Å². The molecule has 0 saturated carbocycles. The van der Waals surface area contributed by atoms with Crippen molar-refractivity contribution in [2.24, 2.45) is 5.73 Å². The van der Waals surface area contributed by atoms with Crippen LogP contribution in [-0.4, -0.2) is 31.5 Å². The first-order valence-electron chi connectivity index (χ1n) is 6.03. The zero-order valence-electron chi connectivity index (χ0n) is 11.0. The summed E-state index contributed by atoms with van der Waals surface area (Å²) in [5.41, 5.74) is 7.61. The van der Waals surface area contributed by atoms with Gasteiger partial charge in [0, 0.05) is 25.3 Å². The summed E-state index contributed by atoms with van der Waals surface area (Å²) in [7, 11) is 1.72. The summed E-state index contributed by atoms with van der Waals surface area (Å²) in [6.45, 7) is 6.07. The van der Waals surface area contributed by atoms with E-state index >= 15 is 0 Å². The Bertz CT molecular complexity index is 306. The van der Waals surface area contributed by atoms with Crippen molar-refractivity contribution in [3.63, 3.8) is 0 Å². The highest BCUT2D eigenvalue weighted by Crippen LogP contribution is 2.12. The van der Waals surface area contributed by atoms with Crippen molar-refractivity contribution in [3.05, 3.63) is 17.0 Å². The Morgan fingerprint density at radius 3 is 2.76 bits per heavy atom. The number of nitrogens with zero attached hydrogens (tertiary/aromatic N) is 1. The molecule has 0 radical (unpaired) electrons. The largest absolute Gasteiger partial charge is 0.383 e. The van der Waals surface area contributed by atoms with Crippen LogP contribution in [-0.2, 0) is 11.3 Å². The summed E-state index contributed by atoms with van der Waals surface area (Å²) < 4.78 is 10.3. The lowest BCUT2D eigenvalue weighted by molar-refractivity contribution is 0.161. The molecule has 1 aromatic rings. The average Bonchev–Trinajstić information content (AvgIpc) is 2.63. The van der Waals surface area contributed by atoms with Crippen molar-refractivity contribution >= 4 is 0 Å². The lowest BCUT2D eigenvalue weighted by Gasteiger charge is -2.17. The first kappa shape index (κ1) is 14.2. The molecule has 3 N–H and O–H groups in total. The van der Waals surface area contributed by atoms with Gasteiger partial charge in [0.25, 0.3) is 0 Å². The topological polar surface area (TPSA) is 73.3 Å². The van der Waals surface area contributed by atoms with Crippen LogP contribution in [0.3, 0.4) is 0 Å². The third-order valence-corrected chi connectivity index (χ3v) is 2.87. The fourth-order valence-corrected chi connectivity index (χ4v) is 1.81. The van der Waals surface area contributed by atoms with E-state index in [-0.39, 0.29) is 0 Å². The Kier molecular flexibility index (Phi) is 6.18. The van der Waals surface area contributed by atoms with Gasteiger partial charge in [-0.25, -0.2) is 0 Å². The second-order valence-corrected chi connectivity index (χ2v) is 4.27. The molecule has 5 heteroatoms. The van der Waals surface area contributed by atoms with Gasteiger partial charge in [-0.1, -0.05) is 5.16 Å². The summed E-state index contributed by atoms with van der Waals surface area (Å²) in [6, 6.07) is 0.331. The fraction of sp³-hybridized carbons (Fsp3) is 0.750. The lowest BCUT2D eigenvalue weighted by Crippen LogP contribution is -2.33. The summed E-state index contributed by atoms with van der Waals surface area (Å²) >= 11 is 0. The quantitative estimate of drug-likeness (QED) is 0.714. The molecular weight excluding hydrogens is 218 g/mol. The second kappa shape index (κ2) is 7.42. The van der Waals surface area contributed by atoms with Gasteiger partial charge in [0.2, 0.25) is 0 Å². The molecule has 0 aromatic carbocycles. The molecule has 1 aromatic heterocycles. The summed E-state index contributed by atoms with van der Waals surface area (Å²) in [5, 5.41) is 7.39. The molecule has 0 bridgehead atoms. The summed E-state index contributed by atoms with van der Waals surface area (Å²) in [4.78, 5) is 0. The van der Waals surface area contributed by atoms with Crippen LogP contribution in [0.1, 0.15) is 29.9 Å². The van der Waals surface area contributed by atoms with Crippen LogP contribution in [0.4, 0.5) is 0 Å². The maximum Gasteiger partial charge on any atom is 0.138 e. The zero-order chi connectivity index (χ0) is 12.7. The van der Waals surface area contributed by atoms with Crippen molar-refractivity contribution in [1.29, 1.82) is 0 Å². The van der Waals surface area contributed by atoms with E-state index in [9.17, 15) is 0 Å². The van der Waals surface area contributed by atoms with E-state index < -0.39 is 0 Å². The highest BCUT2D eigenvalue weighted by molar-refractivity contribution is 5.20. The van der Waals surface area contributed by atoms with Gasteiger partial charge >= 0.3 is 0 Å². The first-order valence-corrected chi connectivity index (χ1v) is 6.03. The molecule has 1 unspecified atom stereocenters. The number of nitrogens with two attached hydrogens (primary N) is 1. The highest BCUT2D eigenvalue weighted by Gasteiger charge is 2.12. The molecule has 0 aliphatic rings. The number of ether oxygens (including phenoxy) is 1. The van der Waals surface area contributed by atoms with Crippen molar-refractivity contribution in [2.45, 2.75) is 39.3 Å². The van der Waals surface area contributed by atoms with Gasteiger partial charge in [-0.2, -0.15) is 0 Å². The number of hydrogen-bond acceptors (Lipinski definition) is 5. The molecule has 1 atom stereocenters. The number of rotatable bonds is 8. The van der Waals surface area contributed by atoms with Crippen LogP contribution in [0.5, 0.6) is 0 Å². The number of hydrogen-bond donors (Lipinski definition) is 2. The molecule has 0 spiro atoms. The van der Waals surface area contributed by atoms with Gasteiger partial charge < -0.3 is 20.3 Å². The van der Waals surface area contributed by atoms with E-state index in [4.69, 9.17) is 15.0 Å². The first-order chi connectivity index (χ1) is 8.19. The van der Waals surface area contributed by atoms with Gasteiger partial charge in [-0.3, -0.25) is 0 Å². The molecule has 0 aliphatic carbocycles. The van der Waals surface area contributed by atoms with Crippen LogP contribution >= 0.6 is 0 Å². The molecule has 0 saturated heterocycles. The smallest absolute Gasteiger partial charge is 0.138 e. The second-order valence-electron chi connectivity index (χ2n) is 4.27. The fourth-order valence-electron chi connectivity index (χ4n) is 1.81. The van der Waals surface area contributed by atoms with Crippen LogP contribution < -0.4 is 11.1 Å². The van der Waals surface area contributed by atoms with Gasteiger partial charge in [0.15, 0.2) is 0 Å². The van der Waals surface area contributed by atoms with Gasteiger partial charge in [-0.05, 0) is 33.2 Å². The van der Waals surface area contributed by atoms with E-state index in [1.807, 2.05) is 13.8 Å². The van der Waals surface area contributed by atoms with E-state index in [0.717, 1.165) is 36.4 Å². The van der Waals surface area contributed by atoms with Crippen molar-refractivity contribution in [3.8, 4) is 0 Å². The maximum atomic E-state index is 5.52. The molecule has 17 heavy (non-hydrogen) atoms. The summed E-state index contributed by atoms with van der Waals surface area (Å²) in [6.07, 6.45) is 2.02. The number of aryl methyl sites for hydroxylation is 2. The molecular formula is C12H23N3O2. The van der Waals surface area contributed by atoms with Crippen LogP contribution in [0.15, 0.2) is 4.52 Å². The molecule has 0 fully saturated rings. The summed E-state index contributed by atoms with van der Waals surface area (Å²) in [5.74, 6) is 0.880. The SMILES string of the molecule is COCC(CCCN)NCc1c(C)noc1C. The van der Waals surface area contributed by atoms with Crippen LogP contribution in [0.25, 0.3) is 0 Å². The Morgan fingerprint density at radius 1 is 1.47 bits per heavy atom. The Balaban J connectivity index is 2.45. The van der Waals surface area contributed by atoms with Crippen LogP contribution in [0, 0.1) is 13.8 Å². The van der Waals surface area contributed by atoms with Crippen molar-refractivity contribution in [1.82, 2.24) is 10.5 Å². The molecule has 0 aliphatic heterocycles. The lowest BCUT2D eigenvalue weighted by atomic mass is 10.1. The number of nitrogens with one attached hydrogen (secondary N) is 1. The molecule has 5 nitrogen and oxygen atoms in total. The number of methoxy groups -OCH3 is 1. The van der Waals surface area contributed by atoms with Crippen molar-refractivity contribution in [2.75, 3.05) is 20.3 Å². The molecule has 0 amide bonds. The molecule has 1 heterocycles. The minimum atomic E-state index is 0.331. The maximum absolute atomic E-state index is 5.52. The minimum Gasteiger partial charge on any atom is -0.383 e. The number of aromatic nitrogens is 1. The minimum absolute atomic E-state index is 0.331. The Morgan fingerprint density at radius 2 is 2.24 bits per heavy atom. The van der Waals surface area contributed by atoms with E-state index in [1.54, 1.807) is 7.11 Å². The van der Waals surface area contributed by atoms with Gasteiger partial charge in [-0.15, -0.1) is 0 Å². The zero-order valence-corrected chi connectivity index (χ0v) is 11.0. The molecule has 98 valence electrons. The highest BCUT2D eigenvalue weighted by atomic mass is 16.5. The van der Waals surface area contributed by atoms with Crippen LogP contribution in [0.2, 0.25) is 0 Å². The van der Waals surface area contributed by atoms with Gasteiger partial charge in [0.1, 0.15) is 5.76 Å². The van der Waals surface area contributed by atoms with E-state index in [0.29, 0.717) is 19.2 Å². The molecule has 1 rings (SSSR count). The van der Waals surface area contributed by atoms with Crippen molar-refractivity contribution < 1.29 is 9.26 Å². The average molecular weight is 241 g/mol. The standard InChI is InChI=1S/C12H23N3O2/c1-9-12(10(2)17-15-9)7-14-11(8-16-3)5-4-6-13/h11,14H,4-8,13H2,1-3H3. The Labute approximate surface area is 103 Å². The predicted molar refractivity (Wildman–Crippen MR) is 66.8 cm³/mol. The van der Waals surface area contributed by atoms with E-state index in [1.165, 1.54) is 0 Å². The van der Waals surface area contributed by atoms with Gasteiger partial charge in [0.05, 0.1) is 12.3 Å². The predicted octanol–water partition coefficient (Wildman–Crippen LogP) is 1.13.